The molecule has 0 amide bonds. The van der Waals surface area contributed by atoms with E-state index in [0.29, 0.717) is 4.21 Å². The Labute approximate surface area is 129 Å². The molecule has 1 aromatic heterocycles. The number of aromatic nitrogens is 1. The van der Waals surface area contributed by atoms with Gasteiger partial charge in [0.15, 0.2) is 4.21 Å². The molecule has 0 aliphatic carbocycles. The van der Waals surface area contributed by atoms with Crippen LogP contribution >= 0.6 is 11.3 Å². The number of nitrogens with zero attached hydrogens (tertiary/aromatic N) is 2. The van der Waals surface area contributed by atoms with Gasteiger partial charge in [-0.25, -0.2) is 13.4 Å². The van der Waals surface area contributed by atoms with Crippen LogP contribution in [0.1, 0.15) is 31.3 Å². The van der Waals surface area contributed by atoms with Crippen LogP contribution in [-0.2, 0) is 22.9 Å². The van der Waals surface area contributed by atoms with Crippen LogP contribution in [0.25, 0.3) is 0 Å². The average Bonchev–Trinajstić information content (AvgIpc) is 2.98. The number of anilines is 1. The van der Waals surface area contributed by atoms with Crippen molar-refractivity contribution >= 4 is 27.0 Å². The average molecular weight is 322 g/mol. The Bertz CT molecular complexity index is 778. The van der Waals surface area contributed by atoms with E-state index in [0.717, 1.165) is 29.1 Å². The van der Waals surface area contributed by atoms with Crippen molar-refractivity contribution < 1.29 is 8.42 Å². The summed E-state index contributed by atoms with van der Waals surface area (Å²) < 4.78 is 28.0. The number of thiazole rings is 1. The van der Waals surface area contributed by atoms with Crippen molar-refractivity contribution in [3.05, 3.63) is 41.0 Å². The third kappa shape index (κ3) is 2.26. The van der Waals surface area contributed by atoms with Crippen molar-refractivity contribution in [3.63, 3.8) is 0 Å². The second-order valence-electron chi connectivity index (χ2n) is 5.81. The van der Waals surface area contributed by atoms with Gasteiger partial charge in [-0.15, -0.1) is 11.3 Å². The molecule has 0 saturated heterocycles. The second kappa shape index (κ2) is 4.81. The molecule has 0 atom stereocenters. The van der Waals surface area contributed by atoms with Crippen LogP contribution in [0, 0.1) is 0 Å². The molecule has 0 bridgehead atoms. The monoisotopic (exact) mass is 322 g/mol. The van der Waals surface area contributed by atoms with Crippen molar-refractivity contribution in [2.45, 2.75) is 43.4 Å². The molecule has 1 aliphatic rings. The number of hydrogen-bond donors (Lipinski definition) is 0. The van der Waals surface area contributed by atoms with E-state index < -0.39 is 15.6 Å². The fourth-order valence-corrected chi connectivity index (χ4v) is 5.88. The van der Waals surface area contributed by atoms with E-state index in [1.807, 2.05) is 45.0 Å². The normalized spacial score (nSPS) is 17.0. The molecule has 1 aliphatic heterocycles. The summed E-state index contributed by atoms with van der Waals surface area (Å²) in [4.78, 5) is 4.19. The minimum absolute atomic E-state index is 0.323. The molecular weight excluding hydrogens is 304 g/mol. The van der Waals surface area contributed by atoms with E-state index in [1.54, 1.807) is 4.31 Å². The summed E-state index contributed by atoms with van der Waals surface area (Å²) in [6, 6.07) is 7.71. The lowest BCUT2D eigenvalue weighted by Gasteiger charge is -2.32. The van der Waals surface area contributed by atoms with Crippen LogP contribution in [0.2, 0.25) is 0 Å². The van der Waals surface area contributed by atoms with E-state index in [-0.39, 0.29) is 0 Å². The van der Waals surface area contributed by atoms with Gasteiger partial charge >= 0.3 is 0 Å². The lowest BCUT2D eigenvalue weighted by molar-refractivity contribution is 0.522. The first-order valence-electron chi connectivity index (χ1n) is 6.94. The molecule has 0 saturated carbocycles. The van der Waals surface area contributed by atoms with E-state index in [1.165, 1.54) is 17.5 Å². The third-order valence-electron chi connectivity index (χ3n) is 3.71. The molecule has 2 heterocycles. The zero-order chi connectivity index (χ0) is 15.3. The summed E-state index contributed by atoms with van der Waals surface area (Å²) in [6.45, 7) is 5.91. The number of aryl methyl sites for hydroxylation is 1. The highest BCUT2D eigenvalue weighted by Crippen LogP contribution is 2.43. The maximum Gasteiger partial charge on any atom is 0.275 e. The Balaban J connectivity index is 2.13. The highest BCUT2D eigenvalue weighted by molar-refractivity contribution is 7.94. The molecule has 1 aromatic carbocycles. The minimum Gasteiger partial charge on any atom is -0.259 e. The first-order valence-corrected chi connectivity index (χ1v) is 9.20. The van der Waals surface area contributed by atoms with E-state index in [9.17, 15) is 8.42 Å². The number of para-hydroxylation sites is 1. The molecule has 0 N–H and O–H groups in total. The Morgan fingerprint density at radius 2 is 2.05 bits per heavy atom. The lowest BCUT2D eigenvalue weighted by Crippen LogP contribution is -2.45. The van der Waals surface area contributed by atoms with E-state index >= 15 is 0 Å². The molecule has 2 aromatic rings. The fraction of sp³-hybridized carbons (Fsp3) is 0.400. The number of benzene rings is 1. The highest BCUT2D eigenvalue weighted by Gasteiger charge is 2.44. The number of rotatable bonds is 3. The van der Waals surface area contributed by atoms with Gasteiger partial charge in [-0.05, 0) is 38.3 Å². The molecule has 112 valence electrons. The second-order valence-corrected chi connectivity index (χ2v) is 8.94. The van der Waals surface area contributed by atoms with E-state index in [4.69, 9.17) is 0 Å². The molecule has 0 radical (unpaired) electrons. The van der Waals surface area contributed by atoms with Crippen LogP contribution in [0.5, 0.6) is 0 Å². The van der Waals surface area contributed by atoms with Gasteiger partial charge in [-0.1, -0.05) is 25.1 Å². The van der Waals surface area contributed by atoms with Gasteiger partial charge in [0.05, 0.1) is 22.4 Å². The number of sulfonamides is 1. The Morgan fingerprint density at radius 3 is 2.71 bits per heavy atom. The van der Waals surface area contributed by atoms with Gasteiger partial charge < -0.3 is 0 Å². The first-order chi connectivity index (χ1) is 9.86. The zero-order valence-corrected chi connectivity index (χ0v) is 14.0. The van der Waals surface area contributed by atoms with Gasteiger partial charge in [0.1, 0.15) is 0 Å². The Kier molecular flexibility index (Phi) is 3.33. The number of fused-ring (bicyclic) bond motifs is 1. The Morgan fingerprint density at radius 1 is 1.33 bits per heavy atom. The summed E-state index contributed by atoms with van der Waals surface area (Å²) in [5, 5.41) is 0.846. The topological polar surface area (TPSA) is 50.3 Å². The van der Waals surface area contributed by atoms with Crippen LogP contribution in [-0.4, -0.2) is 18.9 Å². The molecule has 3 rings (SSSR count). The number of hydrogen-bond acceptors (Lipinski definition) is 4. The van der Waals surface area contributed by atoms with Crippen LogP contribution in [0.4, 0.5) is 5.69 Å². The van der Waals surface area contributed by atoms with Crippen molar-refractivity contribution in [2.24, 2.45) is 0 Å². The fourth-order valence-electron chi connectivity index (χ4n) is 2.84. The predicted octanol–water partition coefficient (Wildman–Crippen LogP) is 3.24. The standard InChI is InChI=1S/C15H18N2O2S2/c1-4-13-16-10-14(20-13)21(18,19)17-12-8-6-5-7-11(12)9-15(17,2)3/h5-8,10H,4,9H2,1-3H3. The maximum absolute atomic E-state index is 13.0. The van der Waals surface area contributed by atoms with Gasteiger partial charge in [0, 0.05) is 0 Å². The van der Waals surface area contributed by atoms with Gasteiger partial charge in [-0.3, -0.25) is 4.31 Å². The van der Waals surface area contributed by atoms with Crippen molar-refractivity contribution in [3.8, 4) is 0 Å². The minimum atomic E-state index is -3.56. The van der Waals surface area contributed by atoms with Gasteiger partial charge in [-0.2, -0.15) is 0 Å². The molecular formula is C15H18N2O2S2. The maximum atomic E-state index is 13.0. The molecule has 4 nitrogen and oxygen atoms in total. The summed E-state index contributed by atoms with van der Waals surface area (Å²) in [5.74, 6) is 0. The summed E-state index contributed by atoms with van der Waals surface area (Å²) >= 11 is 1.26. The van der Waals surface area contributed by atoms with Gasteiger partial charge in [0.2, 0.25) is 0 Å². The van der Waals surface area contributed by atoms with Crippen molar-refractivity contribution in [1.29, 1.82) is 0 Å². The first kappa shape index (κ1) is 14.5. The summed E-state index contributed by atoms with van der Waals surface area (Å²) in [5.41, 5.74) is 1.40. The van der Waals surface area contributed by atoms with Crippen LogP contribution in [0.3, 0.4) is 0 Å². The van der Waals surface area contributed by atoms with Gasteiger partial charge in [0.25, 0.3) is 10.0 Å². The van der Waals surface area contributed by atoms with Crippen LogP contribution in [0.15, 0.2) is 34.7 Å². The Hall–Kier alpha value is -1.40. The predicted molar refractivity (Wildman–Crippen MR) is 85.4 cm³/mol. The smallest absolute Gasteiger partial charge is 0.259 e. The van der Waals surface area contributed by atoms with Crippen LogP contribution < -0.4 is 4.31 Å². The zero-order valence-electron chi connectivity index (χ0n) is 12.3. The molecule has 21 heavy (non-hydrogen) atoms. The lowest BCUT2D eigenvalue weighted by atomic mass is 10.0. The molecule has 0 unspecified atom stereocenters. The van der Waals surface area contributed by atoms with Crippen molar-refractivity contribution in [1.82, 2.24) is 4.98 Å². The van der Waals surface area contributed by atoms with E-state index in [2.05, 4.69) is 4.98 Å². The molecule has 0 spiro atoms. The summed E-state index contributed by atoms with van der Waals surface area (Å²) in [7, 11) is -3.56. The summed E-state index contributed by atoms with van der Waals surface area (Å²) in [6.07, 6.45) is 2.96. The highest BCUT2D eigenvalue weighted by atomic mass is 32.2. The SMILES string of the molecule is CCc1ncc(S(=O)(=O)N2c3ccccc3CC2(C)C)s1. The quantitative estimate of drug-likeness (QED) is 0.871. The molecule has 6 heteroatoms. The third-order valence-corrected chi connectivity index (χ3v) is 7.32. The molecule has 0 fully saturated rings. The largest absolute Gasteiger partial charge is 0.275 e. The van der Waals surface area contributed by atoms with Crippen molar-refractivity contribution in [2.75, 3.05) is 4.31 Å².